The van der Waals surface area contributed by atoms with Crippen molar-refractivity contribution >= 4 is 12.8 Å². The minimum absolute atomic E-state index is 0.0155. The molecule has 2 nitrogen and oxygen atoms in total. The van der Waals surface area contributed by atoms with Crippen LogP contribution >= 0.6 is 12.8 Å². The number of benzene rings is 1. The zero-order chi connectivity index (χ0) is 12.2. The first-order valence-corrected chi connectivity index (χ1v) is 4.72. The van der Waals surface area contributed by atoms with Crippen molar-refractivity contribution in [3.8, 4) is 5.75 Å². The molecule has 0 aliphatic rings. The summed E-state index contributed by atoms with van der Waals surface area (Å²) < 4.78 is 55.8. The standard InChI is InChI=1S/C9H9F4NOS/c10-7-2-1-3-8(6(7)4-14-16)15-5-9(11,12)13/h1-3,14,16H,4-5H2. The van der Waals surface area contributed by atoms with Gasteiger partial charge in [-0.1, -0.05) is 18.9 Å². The van der Waals surface area contributed by atoms with Crippen LogP contribution in [0, 0.1) is 5.82 Å². The molecule has 0 amide bonds. The Labute approximate surface area is 95.1 Å². The van der Waals surface area contributed by atoms with Gasteiger partial charge in [0.05, 0.1) is 0 Å². The van der Waals surface area contributed by atoms with Crippen LogP contribution in [-0.2, 0) is 6.54 Å². The molecule has 16 heavy (non-hydrogen) atoms. The fourth-order valence-electron chi connectivity index (χ4n) is 1.08. The van der Waals surface area contributed by atoms with Crippen LogP contribution < -0.4 is 9.46 Å². The minimum atomic E-state index is -4.45. The lowest BCUT2D eigenvalue weighted by Crippen LogP contribution is -2.20. The molecule has 1 N–H and O–H groups in total. The second kappa shape index (κ2) is 5.40. The van der Waals surface area contributed by atoms with Crippen LogP contribution in [0.4, 0.5) is 17.6 Å². The number of alkyl halides is 3. The molecule has 0 bridgehead atoms. The van der Waals surface area contributed by atoms with Gasteiger partial charge in [-0.05, 0) is 12.1 Å². The Bertz CT molecular complexity index is 356. The highest BCUT2D eigenvalue weighted by atomic mass is 32.1. The van der Waals surface area contributed by atoms with Crippen molar-refractivity contribution in [1.82, 2.24) is 4.72 Å². The number of hydrogen-bond donors (Lipinski definition) is 2. The molecule has 0 radical (unpaired) electrons. The second-order valence-electron chi connectivity index (χ2n) is 2.96. The first-order chi connectivity index (χ1) is 7.44. The number of rotatable bonds is 4. The maximum atomic E-state index is 13.2. The molecule has 0 unspecified atom stereocenters. The fourth-order valence-corrected chi connectivity index (χ4v) is 1.24. The van der Waals surface area contributed by atoms with Crippen molar-refractivity contribution in [3.63, 3.8) is 0 Å². The molecule has 0 aliphatic heterocycles. The summed E-state index contributed by atoms with van der Waals surface area (Å²) in [6, 6.07) is 3.69. The van der Waals surface area contributed by atoms with Gasteiger partial charge in [-0.25, -0.2) is 4.39 Å². The third-order valence-corrected chi connectivity index (χ3v) is 1.88. The minimum Gasteiger partial charge on any atom is -0.484 e. The SMILES string of the molecule is Fc1cccc(OCC(F)(F)F)c1CNS. The molecule has 0 saturated carbocycles. The molecule has 1 aromatic carbocycles. The predicted octanol–water partition coefficient (Wildman–Crippen LogP) is 2.70. The van der Waals surface area contributed by atoms with Crippen molar-refractivity contribution in [2.75, 3.05) is 6.61 Å². The number of hydrogen-bond acceptors (Lipinski definition) is 3. The average molecular weight is 255 g/mol. The van der Waals surface area contributed by atoms with Gasteiger partial charge in [-0.15, -0.1) is 0 Å². The van der Waals surface area contributed by atoms with Gasteiger partial charge >= 0.3 is 6.18 Å². The quantitative estimate of drug-likeness (QED) is 0.637. The van der Waals surface area contributed by atoms with Gasteiger partial charge in [0.2, 0.25) is 0 Å². The lowest BCUT2D eigenvalue weighted by atomic mass is 10.2. The number of thiol groups is 1. The monoisotopic (exact) mass is 255 g/mol. The van der Waals surface area contributed by atoms with E-state index in [1.165, 1.54) is 12.1 Å². The number of ether oxygens (including phenoxy) is 1. The van der Waals surface area contributed by atoms with Crippen LogP contribution in [0.1, 0.15) is 5.56 Å². The zero-order valence-corrected chi connectivity index (χ0v) is 8.91. The summed E-state index contributed by atoms with van der Waals surface area (Å²) in [5.41, 5.74) is 0.0155. The first-order valence-electron chi connectivity index (χ1n) is 4.28. The van der Waals surface area contributed by atoms with E-state index in [1.807, 2.05) is 0 Å². The van der Waals surface area contributed by atoms with E-state index >= 15 is 0 Å². The van der Waals surface area contributed by atoms with E-state index in [4.69, 9.17) is 0 Å². The number of nitrogens with one attached hydrogen (secondary N) is 1. The predicted molar refractivity (Wildman–Crippen MR) is 53.8 cm³/mol. The first kappa shape index (κ1) is 13.1. The molecule has 0 atom stereocenters. The highest BCUT2D eigenvalue weighted by Crippen LogP contribution is 2.24. The molecule has 0 saturated heterocycles. The van der Waals surface area contributed by atoms with E-state index in [0.717, 1.165) is 6.07 Å². The van der Waals surface area contributed by atoms with Crippen molar-refractivity contribution in [1.29, 1.82) is 0 Å². The maximum absolute atomic E-state index is 13.2. The normalized spacial score (nSPS) is 11.6. The topological polar surface area (TPSA) is 21.3 Å². The summed E-state index contributed by atoms with van der Waals surface area (Å²) in [4.78, 5) is 0. The van der Waals surface area contributed by atoms with Crippen LogP contribution in [-0.4, -0.2) is 12.8 Å². The number of halogens is 4. The summed E-state index contributed by atoms with van der Waals surface area (Å²) in [7, 11) is 0. The van der Waals surface area contributed by atoms with Crippen LogP contribution in [0.3, 0.4) is 0 Å². The van der Waals surface area contributed by atoms with Gasteiger partial charge in [-0.2, -0.15) is 13.2 Å². The largest absolute Gasteiger partial charge is 0.484 e. The Morgan fingerprint density at radius 2 is 2.00 bits per heavy atom. The van der Waals surface area contributed by atoms with Crippen LogP contribution in [0.25, 0.3) is 0 Å². The molecular weight excluding hydrogens is 246 g/mol. The molecular formula is C9H9F4NOS. The molecule has 0 spiro atoms. The molecule has 0 fully saturated rings. The van der Waals surface area contributed by atoms with E-state index in [2.05, 4.69) is 22.3 Å². The highest BCUT2D eigenvalue weighted by molar-refractivity contribution is 7.78. The van der Waals surface area contributed by atoms with Crippen molar-refractivity contribution in [2.45, 2.75) is 12.7 Å². The summed E-state index contributed by atoms with van der Waals surface area (Å²) in [6.07, 6.45) is -4.45. The molecule has 0 aromatic heterocycles. The Hall–Kier alpha value is -0.950. The Kier molecular flexibility index (Phi) is 4.43. The van der Waals surface area contributed by atoms with Crippen LogP contribution in [0.5, 0.6) is 5.75 Å². The molecule has 7 heteroatoms. The molecule has 0 heterocycles. The Morgan fingerprint density at radius 3 is 2.56 bits per heavy atom. The van der Waals surface area contributed by atoms with Gasteiger partial charge in [0.25, 0.3) is 0 Å². The third kappa shape index (κ3) is 3.90. The molecule has 1 aromatic rings. The lowest BCUT2D eigenvalue weighted by Gasteiger charge is -2.13. The van der Waals surface area contributed by atoms with Gasteiger partial charge in [0, 0.05) is 12.1 Å². The average Bonchev–Trinajstić information content (AvgIpc) is 2.18. The summed E-state index contributed by atoms with van der Waals surface area (Å²) >= 11 is 3.66. The van der Waals surface area contributed by atoms with Crippen LogP contribution in [0.15, 0.2) is 18.2 Å². The van der Waals surface area contributed by atoms with Gasteiger partial charge in [0.1, 0.15) is 11.6 Å². The zero-order valence-electron chi connectivity index (χ0n) is 8.01. The second-order valence-corrected chi connectivity index (χ2v) is 3.27. The van der Waals surface area contributed by atoms with E-state index < -0.39 is 18.6 Å². The smallest absolute Gasteiger partial charge is 0.422 e. The lowest BCUT2D eigenvalue weighted by molar-refractivity contribution is -0.153. The van der Waals surface area contributed by atoms with Gasteiger partial charge in [0.15, 0.2) is 6.61 Å². The van der Waals surface area contributed by atoms with Gasteiger partial charge in [-0.3, -0.25) is 4.72 Å². The van der Waals surface area contributed by atoms with Crippen molar-refractivity contribution < 1.29 is 22.3 Å². The van der Waals surface area contributed by atoms with E-state index in [1.54, 1.807) is 0 Å². The van der Waals surface area contributed by atoms with E-state index in [0.29, 0.717) is 0 Å². The van der Waals surface area contributed by atoms with Crippen molar-refractivity contribution in [3.05, 3.63) is 29.6 Å². The highest BCUT2D eigenvalue weighted by Gasteiger charge is 2.29. The Balaban J connectivity index is 2.82. The van der Waals surface area contributed by atoms with E-state index in [-0.39, 0.29) is 17.9 Å². The molecule has 90 valence electrons. The summed E-state index contributed by atoms with van der Waals surface area (Å²) in [5.74, 6) is -0.778. The Morgan fingerprint density at radius 1 is 1.31 bits per heavy atom. The third-order valence-electron chi connectivity index (χ3n) is 1.72. The summed E-state index contributed by atoms with van der Waals surface area (Å²) in [6.45, 7) is -1.47. The molecule has 0 aliphatic carbocycles. The van der Waals surface area contributed by atoms with Crippen molar-refractivity contribution in [2.24, 2.45) is 0 Å². The van der Waals surface area contributed by atoms with E-state index in [9.17, 15) is 17.6 Å². The molecule has 1 rings (SSSR count). The fraction of sp³-hybridized carbons (Fsp3) is 0.333. The van der Waals surface area contributed by atoms with Crippen LogP contribution in [0.2, 0.25) is 0 Å². The summed E-state index contributed by atoms with van der Waals surface area (Å²) in [5, 5.41) is 0. The maximum Gasteiger partial charge on any atom is 0.422 e. The van der Waals surface area contributed by atoms with Gasteiger partial charge < -0.3 is 4.74 Å².